The number of methoxy groups -OCH3 is 1. The van der Waals surface area contributed by atoms with Crippen molar-refractivity contribution in [3.63, 3.8) is 0 Å². The van der Waals surface area contributed by atoms with Gasteiger partial charge in [0.15, 0.2) is 5.78 Å². The van der Waals surface area contributed by atoms with Crippen LogP contribution in [0.1, 0.15) is 29.2 Å². The predicted octanol–water partition coefficient (Wildman–Crippen LogP) is 2.45. The Bertz CT molecular complexity index is 626. The van der Waals surface area contributed by atoms with E-state index in [1.165, 1.54) is 7.11 Å². The lowest BCUT2D eigenvalue weighted by Crippen LogP contribution is -2.35. The highest BCUT2D eigenvalue weighted by molar-refractivity contribution is 5.83. The van der Waals surface area contributed by atoms with Crippen LogP contribution in [-0.4, -0.2) is 32.0 Å². The standard InChI is InChI=1S/C15H16F6N2O3/c1-26-7-11(24)5-12(23-13(25)6-22)8-2-9(14(16,17)18)4-10(3-8)15(19,20)21/h2-4,12H,5-7,22H2,1H3,(H,23,25)/t12-/m0/s1. The highest BCUT2D eigenvalue weighted by Gasteiger charge is 2.37. The third-order valence-corrected chi connectivity index (χ3v) is 3.27. The normalized spacial score (nSPS) is 13.4. The van der Waals surface area contributed by atoms with Crippen LogP contribution >= 0.6 is 0 Å². The summed E-state index contributed by atoms with van der Waals surface area (Å²) in [6.07, 6.45) is -10.7. The minimum atomic E-state index is -5.05. The minimum absolute atomic E-state index is 0.0394. The lowest BCUT2D eigenvalue weighted by atomic mass is 9.96. The molecular formula is C15H16F6N2O3. The molecular weight excluding hydrogens is 370 g/mol. The molecule has 0 saturated heterocycles. The van der Waals surface area contributed by atoms with Crippen LogP contribution < -0.4 is 11.1 Å². The second kappa shape index (κ2) is 8.49. The first kappa shape index (κ1) is 21.9. The van der Waals surface area contributed by atoms with Crippen LogP contribution in [0.3, 0.4) is 0 Å². The van der Waals surface area contributed by atoms with E-state index >= 15 is 0 Å². The number of rotatable bonds is 7. The first-order chi connectivity index (χ1) is 11.9. The summed E-state index contributed by atoms with van der Waals surface area (Å²) in [7, 11) is 1.19. The van der Waals surface area contributed by atoms with Crippen molar-refractivity contribution in [3.8, 4) is 0 Å². The first-order valence-electron chi connectivity index (χ1n) is 7.18. The summed E-state index contributed by atoms with van der Waals surface area (Å²) < 4.78 is 82.3. The molecule has 3 N–H and O–H groups in total. The molecule has 1 amide bonds. The Labute approximate surface area is 144 Å². The lowest BCUT2D eigenvalue weighted by Gasteiger charge is -2.21. The number of ketones is 1. The summed E-state index contributed by atoms with van der Waals surface area (Å²) in [5.74, 6) is -1.47. The largest absolute Gasteiger partial charge is 0.416 e. The zero-order valence-corrected chi connectivity index (χ0v) is 13.5. The van der Waals surface area contributed by atoms with Crippen molar-refractivity contribution in [2.24, 2.45) is 5.73 Å². The second-order valence-corrected chi connectivity index (χ2v) is 5.34. The van der Waals surface area contributed by atoms with Crippen LogP contribution in [0.25, 0.3) is 0 Å². The number of amides is 1. The second-order valence-electron chi connectivity index (χ2n) is 5.34. The molecule has 0 saturated carbocycles. The van der Waals surface area contributed by atoms with Crippen molar-refractivity contribution in [2.75, 3.05) is 20.3 Å². The number of benzene rings is 1. The fourth-order valence-corrected chi connectivity index (χ4v) is 2.13. The van der Waals surface area contributed by atoms with Gasteiger partial charge >= 0.3 is 12.4 Å². The van der Waals surface area contributed by atoms with Crippen molar-refractivity contribution >= 4 is 11.7 Å². The number of nitrogens with one attached hydrogen (secondary N) is 1. The molecule has 5 nitrogen and oxygen atoms in total. The number of nitrogens with two attached hydrogens (primary N) is 1. The summed E-state index contributed by atoms with van der Waals surface area (Å²) in [5.41, 5.74) is 1.49. The number of hydrogen-bond acceptors (Lipinski definition) is 4. The minimum Gasteiger partial charge on any atom is -0.377 e. The van der Waals surface area contributed by atoms with E-state index in [1.54, 1.807) is 0 Å². The molecule has 0 aliphatic rings. The molecule has 1 atom stereocenters. The Morgan fingerprint density at radius 3 is 1.96 bits per heavy atom. The van der Waals surface area contributed by atoms with Crippen molar-refractivity contribution in [1.82, 2.24) is 5.32 Å². The Balaban J connectivity index is 3.41. The molecule has 0 aromatic heterocycles. The highest BCUT2D eigenvalue weighted by atomic mass is 19.4. The smallest absolute Gasteiger partial charge is 0.377 e. The Morgan fingerprint density at radius 1 is 1.08 bits per heavy atom. The number of halogens is 6. The quantitative estimate of drug-likeness (QED) is 0.706. The van der Waals surface area contributed by atoms with Crippen LogP contribution in [0.15, 0.2) is 18.2 Å². The maximum Gasteiger partial charge on any atom is 0.416 e. The van der Waals surface area contributed by atoms with E-state index < -0.39 is 66.3 Å². The topological polar surface area (TPSA) is 81.4 Å². The van der Waals surface area contributed by atoms with Crippen molar-refractivity contribution < 1.29 is 40.7 Å². The maximum atomic E-state index is 12.9. The Kier molecular flexibility index (Phi) is 7.16. The van der Waals surface area contributed by atoms with E-state index in [9.17, 15) is 35.9 Å². The number of alkyl halides is 6. The lowest BCUT2D eigenvalue weighted by molar-refractivity contribution is -0.143. The molecule has 0 spiro atoms. The van der Waals surface area contributed by atoms with Crippen LogP contribution in [-0.2, 0) is 26.7 Å². The third-order valence-electron chi connectivity index (χ3n) is 3.27. The predicted molar refractivity (Wildman–Crippen MR) is 77.9 cm³/mol. The molecule has 0 bridgehead atoms. The monoisotopic (exact) mass is 386 g/mol. The van der Waals surface area contributed by atoms with Crippen LogP contribution in [0.2, 0.25) is 0 Å². The van der Waals surface area contributed by atoms with E-state index in [1.807, 2.05) is 0 Å². The number of ether oxygens (including phenoxy) is 1. The summed E-state index contributed by atoms with van der Waals surface area (Å²) in [6, 6.07) is -0.548. The van der Waals surface area contributed by atoms with Gasteiger partial charge in [-0.1, -0.05) is 0 Å². The number of carbonyl (C=O) groups excluding carboxylic acids is 2. The summed E-state index contributed by atoms with van der Waals surface area (Å²) >= 11 is 0. The van der Waals surface area contributed by atoms with E-state index in [4.69, 9.17) is 5.73 Å². The van der Waals surface area contributed by atoms with Gasteiger partial charge in [0, 0.05) is 13.5 Å². The highest BCUT2D eigenvalue weighted by Crippen LogP contribution is 2.37. The molecule has 1 aromatic rings. The third kappa shape index (κ3) is 6.30. The molecule has 1 rings (SSSR count). The fraction of sp³-hybridized carbons (Fsp3) is 0.467. The van der Waals surface area contributed by atoms with Crippen molar-refractivity contribution in [1.29, 1.82) is 0 Å². The number of carbonyl (C=O) groups is 2. The molecule has 0 aliphatic carbocycles. The Hall–Kier alpha value is -2.14. The van der Waals surface area contributed by atoms with Gasteiger partial charge in [-0.2, -0.15) is 26.3 Å². The van der Waals surface area contributed by atoms with Gasteiger partial charge in [0.2, 0.25) is 5.91 Å². The summed E-state index contributed by atoms with van der Waals surface area (Å²) in [5, 5.41) is 2.15. The molecule has 0 heterocycles. The van der Waals surface area contributed by atoms with Gasteiger partial charge in [-0.15, -0.1) is 0 Å². The van der Waals surface area contributed by atoms with Crippen LogP contribution in [0, 0.1) is 0 Å². The van der Waals surface area contributed by atoms with Gasteiger partial charge in [0.1, 0.15) is 6.61 Å². The molecule has 146 valence electrons. The SMILES string of the molecule is COCC(=O)C[C@H](NC(=O)CN)c1cc(C(F)(F)F)cc(C(F)(F)F)c1. The zero-order chi connectivity index (χ0) is 20.1. The fourth-order valence-electron chi connectivity index (χ4n) is 2.13. The molecule has 26 heavy (non-hydrogen) atoms. The summed E-state index contributed by atoms with van der Waals surface area (Å²) in [4.78, 5) is 23.2. The molecule has 11 heteroatoms. The molecule has 0 radical (unpaired) electrons. The average molecular weight is 386 g/mol. The van der Waals surface area contributed by atoms with E-state index in [0.717, 1.165) is 0 Å². The van der Waals surface area contributed by atoms with Gasteiger partial charge < -0.3 is 15.8 Å². The van der Waals surface area contributed by atoms with Crippen molar-refractivity contribution in [3.05, 3.63) is 34.9 Å². The Morgan fingerprint density at radius 2 is 1.58 bits per heavy atom. The van der Waals surface area contributed by atoms with Gasteiger partial charge in [-0.25, -0.2) is 0 Å². The molecule has 0 aliphatic heterocycles. The molecule has 0 fully saturated rings. The van der Waals surface area contributed by atoms with Gasteiger partial charge in [0.25, 0.3) is 0 Å². The van der Waals surface area contributed by atoms with E-state index in [0.29, 0.717) is 12.1 Å². The summed E-state index contributed by atoms with van der Waals surface area (Å²) in [6.45, 7) is -0.972. The van der Waals surface area contributed by atoms with E-state index in [2.05, 4.69) is 10.1 Å². The number of hydrogen-bond donors (Lipinski definition) is 2. The van der Waals surface area contributed by atoms with Gasteiger partial charge in [-0.05, 0) is 23.8 Å². The number of Topliss-reactive ketones (excluding diaryl/α,β-unsaturated/α-hetero) is 1. The molecule has 0 unspecified atom stereocenters. The van der Waals surface area contributed by atoms with Crippen molar-refractivity contribution in [2.45, 2.75) is 24.8 Å². The van der Waals surface area contributed by atoms with E-state index in [-0.39, 0.29) is 6.07 Å². The van der Waals surface area contributed by atoms with Gasteiger partial charge in [0.05, 0.1) is 23.7 Å². The average Bonchev–Trinajstić information content (AvgIpc) is 2.52. The molecule has 1 aromatic carbocycles. The zero-order valence-electron chi connectivity index (χ0n) is 13.5. The first-order valence-corrected chi connectivity index (χ1v) is 7.18. The van der Waals surface area contributed by atoms with Crippen LogP contribution in [0.5, 0.6) is 0 Å². The van der Waals surface area contributed by atoms with Gasteiger partial charge in [-0.3, -0.25) is 9.59 Å². The van der Waals surface area contributed by atoms with Crippen LogP contribution in [0.4, 0.5) is 26.3 Å². The maximum absolute atomic E-state index is 12.9.